The van der Waals surface area contributed by atoms with E-state index in [-0.39, 0.29) is 18.4 Å². The molecule has 2 aliphatic rings. The number of hydrogen-bond donors (Lipinski definition) is 1. The number of nitrogen functional groups attached to an aromatic ring is 1. The molecule has 2 bridgehead atoms. The molecule has 4 nitrogen and oxygen atoms in total. The quantitative estimate of drug-likeness (QED) is 0.719. The van der Waals surface area contributed by atoms with Gasteiger partial charge in [0, 0.05) is 27.4 Å². The maximum Gasteiger partial charge on any atom is 0.490 e. The molecule has 4 rings (SSSR count). The molecule has 1 fully saturated rings. The number of aromatic nitrogens is 1. The van der Waals surface area contributed by atoms with E-state index < -0.39 is 12.1 Å². The first-order valence-corrected chi connectivity index (χ1v) is 9.71. The smallest absolute Gasteiger partial charge is 0.459 e. The van der Waals surface area contributed by atoms with Crippen LogP contribution in [0.1, 0.15) is 42.9 Å². The standard InChI is InChI=1S/C20H20ClF3N2O2/c21-13-1-2-14-15(9-13)26-16-8-11-5-10(3-4-28-19(27)20(22,23)24)6-12(7-11)17(16)18(14)25/h1-2,9-12H,3-8H2,(H2,25,26). The molecule has 1 aromatic heterocycles. The lowest BCUT2D eigenvalue weighted by molar-refractivity contribution is -0.200. The van der Waals surface area contributed by atoms with Crippen molar-refractivity contribution in [3.05, 3.63) is 34.5 Å². The van der Waals surface area contributed by atoms with E-state index in [0.29, 0.717) is 17.4 Å². The summed E-state index contributed by atoms with van der Waals surface area (Å²) in [6, 6.07) is 5.48. The number of anilines is 1. The Kier molecular flexibility index (Phi) is 4.89. The second-order valence-electron chi connectivity index (χ2n) is 7.81. The van der Waals surface area contributed by atoms with Crippen LogP contribution >= 0.6 is 11.6 Å². The Morgan fingerprint density at radius 2 is 2.07 bits per heavy atom. The van der Waals surface area contributed by atoms with E-state index in [0.717, 1.165) is 53.5 Å². The van der Waals surface area contributed by atoms with Gasteiger partial charge in [-0.15, -0.1) is 0 Å². The van der Waals surface area contributed by atoms with Crippen molar-refractivity contribution in [2.24, 2.45) is 11.8 Å². The topological polar surface area (TPSA) is 65.2 Å². The molecule has 1 heterocycles. The van der Waals surface area contributed by atoms with Crippen molar-refractivity contribution in [2.75, 3.05) is 12.3 Å². The van der Waals surface area contributed by atoms with Gasteiger partial charge in [-0.3, -0.25) is 4.98 Å². The predicted molar refractivity (Wildman–Crippen MR) is 100 cm³/mol. The van der Waals surface area contributed by atoms with Gasteiger partial charge in [0.15, 0.2) is 0 Å². The van der Waals surface area contributed by atoms with Gasteiger partial charge in [-0.05, 0) is 68.1 Å². The fourth-order valence-electron chi connectivity index (χ4n) is 4.82. The number of carbonyl (C=O) groups is 1. The molecule has 0 spiro atoms. The Bertz CT molecular complexity index is 932. The molecule has 0 amide bonds. The maximum atomic E-state index is 12.3. The largest absolute Gasteiger partial charge is 0.490 e. The van der Waals surface area contributed by atoms with Gasteiger partial charge in [0.1, 0.15) is 0 Å². The normalized spacial score (nSPS) is 24.1. The van der Waals surface area contributed by atoms with Gasteiger partial charge in [-0.2, -0.15) is 13.2 Å². The number of hydrogen-bond acceptors (Lipinski definition) is 4. The predicted octanol–water partition coefficient (Wildman–Crippen LogP) is 5.02. The summed E-state index contributed by atoms with van der Waals surface area (Å²) < 4.78 is 41.2. The first-order chi connectivity index (χ1) is 13.2. The molecular weight excluding hydrogens is 393 g/mol. The summed E-state index contributed by atoms with van der Waals surface area (Å²) in [5.41, 5.74) is 10.1. The summed E-state index contributed by atoms with van der Waals surface area (Å²) in [4.78, 5) is 15.7. The number of fused-ring (bicyclic) bond motifs is 5. The summed E-state index contributed by atoms with van der Waals surface area (Å²) in [5.74, 6) is -1.26. The highest BCUT2D eigenvalue weighted by Gasteiger charge is 2.41. The number of alkyl halides is 3. The molecule has 1 aromatic carbocycles. The number of pyridine rings is 1. The number of rotatable bonds is 3. The maximum absolute atomic E-state index is 12.3. The molecule has 3 atom stereocenters. The lowest BCUT2D eigenvalue weighted by Gasteiger charge is -2.40. The first kappa shape index (κ1) is 19.3. The minimum atomic E-state index is -4.94. The van der Waals surface area contributed by atoms with Crippen molar-refractivity contribution in [1.82, 2.24) is 4.98 Å². The molecule has 0 aliphatic heterocycles. The van der Waals surface area contributed by atoms with Crippen molar-refractivity contribution in [3.63, 3.8) is 0 Å². The van der Waals surface area contributed by atoms with E-state index in [1.165, 1.54) is 0 Å². The zero-order valence-corrected chi connectivity index (χ0v) is 15.8. The Hall–Kier alpha value is -2.02. The third-order valence-corrected chi connectivity index (χ3v) is 6.12. The zero-order valence-electron chi connectivity index (χ0n) is 15.1. The van der Waals surface area contributed by atoms with E-state index in [1.807, 2.05) is 12.1 Å². The molecule has 2 aromatic rings. The van der Waals surface area contributed by atoms with E-state index >= 15 is 0 Å². The van der Waals surface area contributed by atoms with Crippen molar-refractivity contribution in [2.45, 2.75) is 44.2 Å². The van der Waals surface area contributed by atoms with Crippen molar-refractivity contribution in [3.8, 4) is 0 Å². The van der Waals surface area contributed by atoms with Gasteiger partial charge < -0.3 is 10.5 Å². The number of ether oxygens (including phenoxy) is 1. The van der Waals surface area contributed by atoms with Gasteiger partial charge in [-0.25, -0.2) is 4.79 Å². The third-order valence-electron chi connectivity index (χ3n) is 5.89. The van der Waals surface area contributed by atoms with Gasteiger partial charge in [-0.1, -0.05) is 11.6 Å². The summed E-state index contributed by atoms with van der Waals surface area (Å²) in [7, 11) is 0. The van der Waals surface area contributed by atoms with E-state index in [2.05, 4.69) is 4.74 Å². The fourth-order valence-corrected chi connectivity index (χ4v) is 4.99. The highest BCUT2D eigenvalue weighted by molar-refractivity contribution is 6.31. The number of nitrogens with zero attached hydrogens (tertiary/aromatic N) is 1. The fraction of sp³-hybridized carbons (Fsp3) is 0.500. The lowest BCUT2D eigenvalue weighted by Crippen LogP contribution is -2.31. The van der Waals surface area contributed by atoms with Gasteiger partial charge in [0.25, 0.3) is 0 Å². The Morgan fingerprint density at radius 1 is 1.29 bits per heavy atom. The highest BCUT2D eigenvalue weighted by Crippen LogP contribution is 2.49. The molecule has 3 unspecified atom stereocenters. The number of esters is 1. The number of halogens is 4. The van der Waals surface area contributed by atoms with Gasteiger partial charge >= 0.3 is 12.1 Å². The molecule has 2 N–H and O–H groups in total. The van der Waals surface area contributed by atoms with E-state index in [4.69, 9.17) is 22.3 Å². The van der Waals surface area contributed by atoms with Crippen LogP contribution in [-0.4, -0.2) is 23.7 Å². The molecule has 1 saturated carbocycles. The number of carbonyl (C=O) groups excluding carboxylic acids is 1. The Balaban J connectivity index is 1.51. The van der Waals surface area contributed by atoms with Crippen LogP contribution in [0.25, 0.3) is 10.9 Å². The SMILES string of the molecule is Nc1c2c(nc3cc(Cl)ccc13)CC1CC(CCOC(=O)C(F)(F)F)CC2C1. The molecule has 0 radical (unpaired) electrons. The van der Waals surface area contributed by atoms with Crippen molar-refractivity contribution < 1.29 is 22.7 Å². The molecule has 0 saturated heterocycles. The van der Waals surface area contributed by atoms with Crippen LogP contribution in [0.5, 0.6) is 0 Å². The number of benzene rings is 1. The van der Waals surface area contributed by atoms with Crippen LogP contribution in [0, 0.1) is 11.8 Å². The van der Waals surface area contributed by atoms with E-state index in [9.17, 15) is 18.0 Å². The summed E-state index contributed by atoms with van der Waals surface area (Å²) in [5, 5.41) is 1.49. The van der Waals surface area contributed by atoms with Gasteiger partial charge in [0.2, 0.25) is 0 Å². The van der Waals surface area contributed by atoms with Crippen molar-refractivity contribution >= 4 is 34.2 Å². The first-order valence-electron chi connectivity index (χ1n) is 9.33. The average molecular weight is 413 g/mol. The van der Waals surface area contributed by atoms with Crippen LogP contribution in [0.3, 0.4) is 0 Å². The molecule has 8 heteroatoms. The van der Waals surface area contributed by atoms with Crippen molar-refractivity contribution in [1.29, 1.82) is 0 Å². The van der Waals surface area contributed by atoms with Crippen LogP contribution in [0.15, 0.2) is 18.2 Å². The third kappa shape index (κ3) is 3.64. The second kappa shape index (κ2) is 7.10. The molecule has 28 heavy (non-hydrogen) atoms. The van der Waals surface area contributed by atoms with Crippen LogP contribution in [0.2, 0.25) is 5.02 Å². The zero-order chi connectivity index (χ0) is 20.1. The minimum Gasteiger partial charge on any atom is -0.459 e. The Morgan fingerprint density at radius 3 is 2.82 bits per heavy atom. The Labute approximate surface area is 165 Å². The minimum absolute atomic E-state index is 0.207. The monoisotopic (exact) mass is 412 g/mol. The van der Waals surface area contributed by atoms with Crippen LogP contribution in [0.4, 0.5) is 18.9 Å². The van der Waals surface area contributed by atoms with E-state index in [1.54, 1.807) is 6.07 Å². The summed E-state index contributed by atoms with van der Waals surface area (Å²) in [6.45, 7) is -0.209. The highest BCUT2D eigenvalue weighted by atomic mass is 35.5. The summed E-state index contributed by atoms with van der Waals surface area (Å²) >= 11 is 6.08. The van der Waals surface area contributed by atoms with Crippen LogP contribution < -0.4 is 5.73 Å². The van der Waals surface area contributed by atoms with Crippen LogP contribution in [-0.2, 0) is 16.0 Å². The molecular formula is C20H20ClF3N2O2. The lowest BCUT2D eigenvalue weighted by atomic mass is 9.65. The van der Waals surface area contributed by atoms with Gasteiger partial charge in [0.05, 0.1) is 12.1 Å². The molecule has 150 valence electrons. The summed E-state index contributed by atoms with van der Waals surface area (Å²) in [6.07, 6.45) is -0.979. The second-order valence-corrected chi connectivity index (χ2v) is 8.25. The average Bonchev–Trinajstić information content (AvgIpc) is 2.60. The number of nitrogens with two attached hydrogens (primary N) is 1. The molecule has 2 aliphatic carbocycles.